The van der Waals surface area contributed by atoms with Crippen LogP contribution in [0.25, 0.3) is 0 Å². The van der Waals surface area contributed by atoms with Gasteiger partial charge in [-0.15, -0.1) is 24.0 Å². The van der Waals surface area contributed by atoms with Gasteiger partial charge in [-0.2, -0.15) is 0 Å². The number of halogens is 1. The summed E-state index contributed by atoms with van der Waals surface area (Å²) in [6.07, 6.45) is 20.8. The van der Waals surface area contributed by atoms with E-state index in [1.807, 2.05) is 20.8 Å². The van der Waals surface area contributed by atoms with Crippen molar-refractivity contribution in [2.75, 3.05) is 6.54 Å². The Morgan fingerprint density at radius 1 is 0.415 bits per heavy atom. The molecular formula is C40H78INO11. The molecule has 0 rings (SSSR count). The Hall–Kier alpha value is -2.16. The van der Waals surface area contributed by atoms with Crippen molar-refractivity contribution in [1.29, 1.82) is 0 Å². The molecule has 4 N–H and O–H groups in total. The molecule has 13 heteroatoms. The largest absolute Gasteiger partial charge is 0.519 e. The van der Waals surface area contributed by atoms with Crippen LogP contribution < -0.4 is 5.73 Å². The van der Waals surface area contributed by atoms with Crippen LogP contribution >= 0.6 is 24.0 Å². The van der Waals surface area contributed by atoms with Gasteiger partial charge in [-0.1, -0.05) is 96.3 Å². The number of carboxylic acid groups (broad SMARTS) is 2. The first-order chi connectivity index (χ1) is 24.1. The summed E-state index contributed by atoms with van der Waals surface area (Å²) in [7, 11) is 0. The van der Waals surface area contributed by atoms with Gasteiger partial charge in [-0.05, 0) is 94.5 Å². The molecule has 316 valence electrons. The van der Waals surface area contributed by atoms with Crippen molar-refractivity contribution in [3.8, 4) is 0 Å². The fraction of sp³-hybridized carbons (Fsp3) is 0.875. The molecule has 0 fully saturated rings. The van der Waals surface area contributed by atoms with Gasteiger partial charge < -0.3 is 34.9 Å². The van der Waals surface area contributed by atoms with Gasteiger partial charge in [-0.25, -0.2) is 9.59 Å². The normalized spacial score (nSPS) is 11.1. The molecule has 0 aromatic rings. The second kappa shape index (κ2) is 35.5. The van der Waals surface area contributed by atoms with Crippen LogP contribution in [0.3, 0.4) is 0 Å². The van der Waals surface area contributed by atoms with Crippen molar-refractivity contribution in [3.05, 3.63) is 0 Å². The van der Waals surface area contributed by atoms with Gasteiger partial charge in [0.2, 0.25) is 0 Å². The van der Waals surface area contributed by atoms with Crippen LogP contribution in [-0.2, 0) is 33.3 Å². The van der Waals surface area contributed by atoms with E-state index in [4.69, 9.17) is 30.2 Å². The summed E-state index contributed by atoms with van der Waals surface area (Å²) in [6, 6.07) is 0. The molecule has 53 heavy (non-hydrogen) atoms. The summed E-state index contributed by atoms with van der Waals surface area (Å²) in [4.78, 5) is 54.1. The molecule has 0 spiro atoms. The maximum absolute atomic E-state index is 11.5. The Balaban J connectivity index is -0.000000346. The van der Waals surface area contributed by atoms with Crippen LogP contribution in [0.5, 0.6) is 0 Å². The van der Waals surface area contributed by atoms with E-state index in [-0.39, 0.29) is 35.5 Å². The minimum absolute atomic E-state index is 0. The highest BCUT2D eigenvalue weighted by Gasteiger charge is 2.24. The van der Waals surface area contributed by atoms with E-state index in [1.165, 1.54) is 70.6 Å². The average molecular weight is 876 g/mol. The van der Waals surface area contributed by atoms with Gasteiger partial charge in [0.1, 0.15) is 16.8 Å². The lowest BCUT2D eigenvalue weighted by atomic mass is 10.1. The number of aliphatic carboxylic acids is 2. The predicted octanol–water partition coefficient (Wildman–Crippen LogP) is 11.5. The van der Waals surface area contributed by atoms with E-state index >= 15 is 0 Å². The number of carbonyl (C=O) groups excluding carboxylic acids is 3. The minimum Gasteiger partial charge on any atom is -0.481 e. The number of esters is 1. The topological polar surface area (TPSA) is 189 Å². The number of unbranched alkanes of at least 4 members (excludes halogenated alkanes) is 17. The Kier molecular flexibility index (Phi) is 38.6. The maximum Gasteiger partial charge on any atom is 0.519 e. The fourth-order valence-electron chi connectivity index (χ4n) is 4.62. The monoisotopic (exact) mass is 875 g/mol. The quantitative estimate of drug-likeness (QED) is 0.0274. The van der Waals surface area contributed by atoms with Gasteiger partial charge in [0, 0.05) is 19.3 Å². The molecule has 0 aliphatic heterocycles. The Labute approximate surface area is 338 Å². The highest BCUT2D eigenvalue weighted by atomic mass is 127. The first-order valence-corrected chi connectivity index (χ1v) is 19.6. The van der Waals surface area contributed by atoms with Crippen LogP contribution in [0.2, 0.25) is 0 Å². The number of carboxylic acids is 2. The molecule has 0 saturated heterocycles. The Morgan fingerprint density at radius 2 is 0.660 bits per heavy atom. The molecule has 0 aliphatic carbocycles. The summed E-state index contributed by atoms with van der Waals surface area (Å²) in [5.41, 5.74) is 3.64. The molecule has 0 aliphatic rings. The molecule has 0 radical (unpaired) electrons. The van der Waals surface area contributed by atoms with E-state index in [2.05, 4.69) is 4.74 Å². The number of carbonyl (C=O) groups is 5. The van der Waals surface area contributed by atoms with E-state index in [0.29, 0.717) is 19.3 Å². The standard InChI is InChI=1S/C18H34O4.C12H25NO2.C10H18O5.HI/c1-18(2,3)22-17(21)15-13-11-9-7-5-4-6-8-10-12-14-16(19)20;13-11-9-7-5-3-1-2-4-6-8-10-12(14)15;1-9(2,3)14-7(11)13-8(12)15-10(4,5)6;/h4-15H2,1-3H3,(H,19,20);1-11,13H2,(H,14,15);1-6H3;1H. The number of hydrogen-bond donors (Lipinski definition) is 3. The van der Waals surface area contributed by atoms with Gasteiger partial charge >= 0.3 is 30.2 Å². The highest BCUT2D eigenvalue weighted by molar-refractivity contribution is 14.0. The van der Waals surface area contributed by atoms with Crippen molar-refractivity contribution in [2.24, 2.45) is 5.73 Å². The zero-order valence-electron chi connectivity index (χ0n) is 34.8. The van der Waals surface area contributed by atoms with Crippen LogP contribution in [0, 0.1) is 0 Å². The molecular weight excluding hydrogens is 797 g/mol. The van der Waals surface area contributed by atoms with Crippen LogP contribution in [0.15, 0.2) is 0 Å². The van der Waals surface area contributed by atoms with E-state index in [0.717, 1.165) is 57.9 Å². The van der Waals surface area contributed by atoms with Gasteiger partial charge in [0.25, 0.3) is 0 Å². The molecule has 0 bridgehead atoms. The van der Waals surface area contributed by atoms with E-state index < -0.39 is 35.5 Å². The van der Waals surface area contributed by atoms with Crippen LogP contribution in [0.4, 0.5) is 9.59 Å². The average Bonchev–Trinajstić information content (AvgIpc) is 2.96. The summed E-state index contributed by atoms with van der Waals surface area (Å²) in [5, 5.41) is 16.9. The smallest absolute Gasteiger partial charge is 0.481 e. The van der Waals surface area contributed by atoms with Crippen molar-refractivity contribution in [2.45, 2.75) is 220 Å². The molecule has 0 heterocycles. The molecule has 0 aromatic carbocycles. The second-order valence-electron chi connectivity index (χ2n) is 16.2. The molecule has 0 aromatic heterocycles. The predicted molar refractivity (Wildman–Crippen MR) is 221 cm³/mol. The SMILES string of the molecule is CC(C)(C)OC(=O)CCCCCCCCCCCCC(=O)O.CC(C)(C)OC(=O)OC(=O)OC(C)(C)C.I.NCCCCCCCCCCCC(=O)O. The third-order valence-electron chi connectivity index (χ3n) is 6.98. The summed E-state index contributed by atoms with van der Waals surface area (Å²) in [6.45, 7) is 16.5. The van der Waals surface area contributed by atoms with E-state index in [1.54, 1.807) is 41.5 Å². The highest BCUT2D eigenvalue weighted by Crippen LogP contribution is 2.15. The van der Waals surface area contributed by atoms with Crippen molar-refractivity contribution in [3.63, 3.8) is 0 Å². The lowest BCUT2D eigenvalue weighted by Gasteiger charge is -2.20. The lowest BCUT2D eigenvalue weighted by Crippen LogP contribution is -2.29. The first-order valence-electron chi connectivity index (χ1n) is 19.6. The van der Waals surface area contributed by atoms with E-state index in [9.17, 15) is 24.0 Å². The molecule has 0 atom stereocenters. The zero-order valence-corrected chi connectivity index (χ0v) is 37.1. The fourth-order valence-corrected chi connectivity index (χ4v) is 4.62. The molecule has 12 nitrogen and oxygen atoms in total. The summed E-state index contributed by atoms with van der Waals surface area (Å²) < 4.78 is 19.1. The lowest BCUT2D eigenvalue weighted by molar-refractivity contribution is -0.155. The van der Waals surface area contributed by atoms with Crippen molar-refractivity contribution >= 4 is 54.2 Å². The Bertz CT molecular complexity index is 912. The van der Waals surface area contributed by atoms with Crippen LogP contribution in [0.1, 0.15) is 204 Å². The van der Waals surface area contributed by atoms with Gasteiger partial charge in [0.15, 0.2) is 0 Å². The number of rotatable bonds is 24. The third-order valence-corrected chi connectivity index (χ3v) is 6.98. The van der Waals surface area contributed by atoms with Crippen molar-refractivity contribution in [1.82, 2.24) is 0 Å². The number of ether oxygens (including phenoxy) is 4. The first kappa shape index (κ1) is 57.6. The minimum atomic E-state index is -1.06. The van der Waals surface area contributed by atoms with Crippen LogP contribution in [-0.4, -0.2) is 63.8 Å². The molecule has 0 unspecified atom stereocenters. The maximum atomic E-state index is 11.5. The number of nitrogens with two attached hydrogens (primary N) is 1. The zero-order chi connectivity index (χ0) is 40.5. The van der Waals surface area contributed by atoms with Crippen molar-refractivity contribution < 1.29 is 53.1 Å². The summed E-state index contributed by atoms with van der Waals surface area (Å²) >= 11 is 0. The molecule has 0 amide bonds. The molecule has 0 saturated carbocycles. The number of hydrogen-bond acceptors (Lipinski definition) is 10. The van der Waals surface area contributed by atoms with Gasteiger partial charge in [0.05, 0.1) is 0 Å². The van der Waals surface area contributed by atoms with Gasteiger partial charge in [-0.3, -0.25) is 14.4 Å². The summed E-state index contributed by atoms with van der Waals surface area (Å²) in [5.74, 6) is -1.45. The second-order valence-corrected chi connectivity index (χ2v) is 16.2. The third kappa shape index (κ3) is 59.3. The Morgan fingerprint density at radius 3 is 0.906 bits per heavy atom.